The zero-order valence-electron chi connectivity index (χ0n) is 17.6. The molecule has 1 fully saturated rings. The first kappa shape index (κ1) is 20.4. The number of fused-ring (bicyclic) bond motifs is 1. The van der Waals surface area contributed by atoms with Crippen molar-refractivity contribution in [2.24, 2.45) is 0 Å². The predicted molar refractivity (Wildman–Crippen MR) is 120 cm³/mol. The van der Waals surface area contributed by atoms with Crippen LogP contribution in [0.1, 0.15) is 51.5 Å². The number of carbonyl (C=O) groups excluding carboxylic acids is 1. The molecule has 0 bridgehead atoms. The number of anilines is 1. The second-order valence-corrected chi connectivity index (χ2v) is 8.40. The number of amides is 1. The Morgan fingerprint density at radius 1 is 0.933 bits per heavy atom. The van der Waals surface area contributed by atoms with Gasteiger partial charge >= 0.3 is 0 Å². The van der Waals surface area contributed by atoms with Gasteiger partial charge in [-0.05, 0) is 44.9 Å². The number of hydrogen-bond donors (Lipinski definition) is 1. The van der Waals surface area contributed by atoms with Crippen LogP contribution in [0.25, 0.3) is 10.8 Å². The molecule has 1 aliphatic rings. The van der Waals surface area contributed by atoms with Gasteiger partial charge in [0.2, 0.25) is 5.91 Å². The summed E-state index contributed by atoms with van der Waals surface area (Å²) in [6.45, 7) is 3.98. The second kappa shape index (κ2) is 8.47. The molecule has 0 atom stereocenters. The molecule has 156 valence electrons. The summed E-state index contributed by atoms with van der Waals surface area (Å²) in [5.74, 6) is 0.357. The van der Waals surface area contributed by atoms with Crippen LogP contribution in [0.4, 0.5) is 10.1 Å². The summed E-state index contributed by atoms with van der Waals surface area (Å²) in [5.41, 5.74) is 0.400. The second-order valence-electron chi connectivity index (χ2n) is 8.40. The lowest BCUT2D eigenvalue weighted by Gasteiger charge is -2.36. The molecule has 0 saturated heterocycles. The van der Waals surface area contributed by atoms with Gasteiger partial charge in [0.15, 0.2) is 0 Å². The molecule has 30 heavy (non-hydrogen) atoms. The first-order chi connectivity index (χ1) is 14.5. The minimum atomic E-state index is -0.836. The van der Waals surface area contributed by atoms with Crippen molar-refractivity contribution < 1.29 is 13.9 Å². The van der Waals surface area contributed by atoms with Crippen molar-refractivity contribution in [3.05, 3.63) is 72.0 Å². The summed E-state index contributed by atoms with van der Waals surface area (Å²) in [6, 6.07) is 18.4. The fourth-order valence-corrected chi connectivity index (χ4v) is 4.60. The van der Waals surface area contributed by atoms with Gasteiger partial charge in [-0.25, -0.2) is 4.39 Å². The molecule has 1 saturated carbocycles. The Morgan fingerprint density at radius 2 is 1.60 bits per heavy atom. The van der Waals surface area contributed by atoms with E-state index < -0.39 is 5.41 Å². The Bertz CT molecular complexity index is 1050. The molecule has 4 heteroatoms. The highest BCUT2D eigenvalue weighted by molar-refractivity contribution is 6.07. The van der Waals surface area contributed by atoms with E-state index in [1.54, 1.807) is 12.1 Å². The maximum absolute atomic E-state index is 14.7. The van der Waals surface area contributed by atoms with Crippen LogP contribution in [0.3, 0.4) is 0 Å². The third-order valence-electron chi connectivity index (χ3n) is 6.03. The van der Waals surface area contributed by atoms with Gasteiger partial charge in [0.1, 0.15) is 11.6 Å². The maximum Gasteiger partial charge on any atom is 0.235 e. The van der Waals surface area contributed by atoms with E-state index in [2.05, 4.69) is 5.32 Å². The molecule has 3 aromatic rings. The zero-order valence-corrected chi connectivity index (χ0v) is 17.6. The summed E-state index contributed by atoms with van der Waals surface area (Å²) >= 11 is 0. The highest BCUT2D eigenvalue weighted by Gasteiger charge is 2.43. The lowest BCUT2D eigenvalue weighted by Crippen LogP contribution is -2.42. The largest absolute Gasteiger partial charge is 0.490 e. The maximum atomic E-state index is 14.7. The molecule has 0 unspecified atom stereocenters. The SMILES string of the molecule is CC(C)Oc1ccc(NC(=O)C2(c3ccccc3F)CCCCC2)c2ccccc12. The summed E-state index contributed by atoms with van der Waals surface area (Å²) < 4.78 is 20.7. The number of benzene rings is 3. The Labute approximate surface area is 177 Å². The van der Waals surface area contributed by atoms with Crippen molar-refractivity contribution in [1.82, 2.24) is 0 Å². The topological polar surface area (TPSA) is 38.3 Å². The van der Waals surface area contributed by atoms with Gasteiger partial charge in [0.25, 0.3) is 0 Å². The fourth-order valence-electron chi connectivity index (χ4n) is 4.60. The Balaban J connectivity index is 1.73. The van der Waals surface area contributed by atoms with E-state index >= 15 is 0 Å². The smallest absolute Gasteiger partial charge is 0.235 e. The number of nitrogens with one attached hydrogen (secondary N) is 1. The molecule has 0 radical (unpaired) electrons. The minimum Gasteiger partial charge on any atom is -0.490 e. The molecule has 3 nitrogen and oxygen atoms in total. The van der Waals surface area contributed by atoms with Crippen molar-refractivity contribution in [3.8, 4) is 5.75 Å². The zero-order chi connectivity index (χ0) is 21.1. The van der Waals surface area contributed by atoms with Crippen LogP contribution in [0.2, 0.25) is 0 Å². The van der Waals surface area contributed by atoms with Crippen LogP contribution < -0.4 is 10.1 Å². The quantitative estimate of drug-likeness (QED) is 0.519. The van der Waals surface area contributed by atoms with Crippen molar-refractivity contribution in [1.29, 1.82) is 0 Å². The molecule has 4 rings (SSSR count). The average molecular weight is 406 g/mol. The molecule has 1 aliphatic carbocycles. The van der Waals surface area contributed by atoms with Crippen LogP contribution in [-0.4, -0.2) is 12.0 Å². The lowest BCUT2D eigenvalue weighted by atomic mass is 9.68. The number of ether oxygens (including phenoxy) is 1. The van der Waals surface area contributed by atoms with Crippen molar-refractivity contribution in [3.63, 3.8) is 0 Å². The van der Waals surface area contributed by atoms with Crippen LogP contribution in [-0.2, 0) is 10.2 Å². The first-order valence-corrected chi connectivity index (χ1v) is 10.8. The van der Waals surface area contributed by atoms with Gasteiger partial charge in [-0.3, -0.25) is 4.79 Å². The normalized spacial score (nSPS) is 15.9. The molecule has 0 aliphatic heterocycles. The van der Waals surface area contributed by atoms with Crippen molar-refractivity contribution in [2.75, 3.05) is 5.32 Å². The average Bonchev–Trinajstić information content (AvgIpc) is 2.76. The molecule has 1 amide bonds. The third-order valence-corrected chi connectivity index (χ3v) is 6.03. The lowest BCUT2D eigenvalue weighted by molar-refractivity contribution is -0.122. The molecular weight excluding hydrogens is 377 g/mol. The molecule has 0 spiro atoms. The molecule has 0 heterocycles. The van der Waals surface area contributed by atoms with Gasteiger partial charge in [-0.2, -0.15) is 0 Å². The number of halogens is 1. The summed E-state index contributed by atoms with van der Waals surface area (Å²) in [6.07, 6.45) is 4.29. The van der Waals surface area contributed by atoms with Crippen molar-refractivity contribution in [2.45, 2.75) is 57.5 Å². The third kappa shape index (κ3) is 3.79. The molecule has 0 aromatic heterocycles. The van der Waals surface area contributed by atoms with E-state index in [4.69, 9.17) is 4.74 Å². The number of rotatable bonds is 5. The van der Waals surface area contributed by atoms with Crippen LogP contribution in [0.5, 0.6) is 5.75 Å². The first-order valence-electron chi connectivity index (χ1n) is 10.8. The Kier molecular flexibility index (Phi) is 5.76. The standard InChI is InChI=1S/C26H28FNO2/c1-18(2)30-24-15-14-23(19-10-4-5-11-20(19)24)28-25(29)26(16-8-3-9-17-26)21-12-6-7-13-22(21)27/h4-7,10-15,18H,3,8-9,16-17H2,1-2H3,(H,28,29). The minimum absolute atomic E-state index is 0.0559. The van der Waals surface area contributed by atoms with E-state index in [1.165, 1.54) is 6.07 Å². The van der Waals surface area contributed by atoms with Gasteiger partial charge in [-0.1, -0.05) is 61.7 Å². The molecule has 1 N–H and O–H groups in total. The van der Waals surface area contributed by atoms with E-state index in [0.717, 1.165) is 41.5 Å². The summed E-state index contributed by atoms with van der Waals surface area (Å²) in [7, 11) is 0. The van der Waals surface area contributed by atoms with Crippen LogP contribution in [0.15, 0.2) is 60.7 Å². The summed E-state index contributed by atoms with van der Waals surface area (Å²) in [4.78, 5) is 13.6. The van der Waals surface area contributed by atoms with Gasteiger partial charge in [0.05, 0.1) is 11.5 Å². The van der Waals surface area contributed by atoms with E-state index in [0.29, 0.717) is 18.4 Å². The van der Waals surface area contributed by atoms with Gasteiger partial charge in [0, 0.05) is 22.0 Å². The van der Waals surface area contributed by atoms with Gasteiger partial charge < -0.3 is 10.1 Å². The highest BCUT2D eigenvalue weighted by Crippen LogP contribution is 2.42. The number of carbonyl (C=O) groups is 1. The Hall–Kier alpha value is -2.88. The predicted octanol–water partition coefficient (Wildman–Crippen LogP) is 6.61. The van der Waals surface area contributed by atoms with E-state index in [1.807, 2.05) is 56.3 Å². The van der Waals surface area contributed by atoms with Crippen LogP contribution >= 0.6 is 0 Å². The fraction of sp³-hybridized carbons (Fsp3) is 0.346. The van der Waals surface area contributed by atoms with Crippen LogP contribution in [0, 0.1) is 5.82 Å². The Morgan fingerprint density at radius 3 is 2.30 bits per heavy atom. The van der Waals surface area contributed by atoms with E-state index in [9.17, 15) is 9.18 Å². The van der Waals surface area contributed by atoms with Gasteiger partial charge in [-0.15, -0.1) is 0 Å². The van der Waals surface area contributed by atoms with E-state index in [-0.39, 0.29) is 17.8 Å². The number of hydrogen-bond acceptors (Lipinski definition) is 2. The summed E-state index contributed by atoms with van der Waals surface area (Å²) in [5, 5.41) is 5.01. The van der Waals surface area contributed by atoms with Crippen molar-refractivity contribution >= 4 is 22.4 Å². The molecular formula is C26H28FNO2. The monoisotopic (exact) mass is 405 g/mol. The molecule has 3 aromatic carbocycles. The highest BCUT2D eigenvalue weighted by atomic mass is 19.1.